The lowest BCUT2D eigenvalue weighted by atomic mass is 10.3. The minimum absolute atomic E-state index is 0.152. The summed E-state index contributed by atoms with van der Waals surface area (Å²) in [5.74, 6) is 5.05. The van der Waals surface area contributed by atoms with Crippen LogP contribution in [0.5, 0.6) is 5.75 Å². The van der Waals surface area contributed by atoms with Crippen LogP contribution in [-0.2, 0) is 9.63 Å². The summed E-state index contributed by atoms with van der Waals surface area (Å²) in [6, 6.07) is 9.22. The SMILES string of the molecule is NNOC(=O)CCOc1ccccc1. The van der Waals surface area contributed by atoms with Crippen molar-refractivity contribution in [3.05, 3.63) is 30.3 Å². The van der Waals surface area contributed by atoms with Gasteiger partial charge in [-0.3, -0.25) is 4.79 Å². The van der Waals surface area contributed by atoms with Gasteiger partial charge in [-0.05, 0) is 12.1 Å². The summed E-state index contributed by atoms with van der Waals surface area (Å²) in [7, 11) is 0. The van der Waals surface area contributed by atoms with E-state index in [0.717, 1.165) is 5.75 Å². The second-order valence-electron chi connectivity index (χ2n) is 2.50. The molecule has 5 heteroatoms. The third-order valence-corrected chi connectivity index (χ3v) is 1.49. The first-order valence-corrected chi connectivity index (χ1v) is 4.16. The smallest absolute Gasteiger partial charge is 0.329 e. The van der Waals surface area contributed by atoms with E-state index in [4.69, 9.17) is 10.6 Å². The van der Waals surface area contributed by atoms with Crippen molar-refractivity contribution in [2.45, 2.75) is 6.42 Å². The normalized spacial score (nSPS) is 9.50. The molecule has 0 aliphatic rings. The Balaban J connectivity index is 2.19. The number of ether oxygens (including phenoxy) is 1. The molecule has 14 heavy (non-hydrogen) atoms. The highest BCUT2D eigenvalue weighted by Crippen LogP contribution is 2.08. The molecule has 0 bridgehead atoms. The van der Waals surface area contributed by atoms with Gasteiger partial charge in [-0.25, -0.2) is 5.84 Å². The molecule has 0 aromatic heterocycles. The second kappa shape index (κ2) is 5.95. The third-order valence-electron chi connectivity index (χ3n) is 1.49. The van der Waals surface area contributed by atoms with Crippen LogP contribution < -0.4 is 16.2 Å². The summed E-state index contributed by atoms with van der Waals surface area (Å²) >= 11 is 0. The van der Waals surface area contributed by atoms with Crippen molar-refractivity contribution in [1.29, 1.82) is 0 Å². The molecule has 0 amide bonds. The first-order chi connectivity index (χ1) is 6.83. The zero-order valence-electron chi connectivity index (χ0n) is 7.60. The fourth-order valence-corrected chi connectivity index (χ4v) is 0.886. The van der Waals surface area contributed by atoms with Gasteiger partial charge in [-0.1, -0.05) is 23.8 Å². The molecule has 0 unspecified atom stereocenters. The Bertz CT molecular complexity index is 277. The highest BCUT2D eigenvalue weighted by Gasteiger charge is 2.01. The molecule has 1 aromatic rings. The van der Waals surface area contributed by atoms with E-state index in [0.29, 0.717) is 0 Å². The van der Waals surface area contributed by atoms with E-state index >= 15 is 0 Å². The van der Waals surface area contributed by atoms with Crippen LogP contribution in [0.25, 0.3) is 0 Å². The molecule has 5 nitrogen and oxygen atoms in total. The average molecular weight is 196 g/mol. The number of nitrogens with two attached hydrogens (primary N) is 1. The molecule has 0 spiro atoms. The maximum absolute atomic E-state index is 10.8. The number of hydrogen-bond donors (Lipinski definition) is 2. The molecule has 0 saturated heterocycles. The molecular formula is C9H12N2O3. The maximum Gasteiger partial charge on any atom is 0.329 e. The van der Waals surface area contributed by atoms with Gasteiger partial charge in [0.2, 0.25) is 0 Å². The molecule has 76 valence electrons. The zero-order chi connectivity index (χ0) is 10.2. The van der Waals surface area contributed by atoms with Gasteiger partial charge in [0.1, 0.15) is 5.75 Å². The Labute approximate surface area is 81.7 Å². The highest BCUT2D eigenvalue weighted by molar-refractivity contribution is 5.69. The van der Waals surface area contributed by atoms with E-state index in [1.165, 1.54) is 0 Å². The molecule has 0 fully saturated rings. The van der Waals surface area contributed by atoms with Crippen molar-refractivity contribution in [3.8, 4) is 5.75 Å². The van der Waals surface area contributed by atoms with Crippen molar-refractivity contribution in [2.75, 3.05) is 6.61 Å². The predicted molar refractivity (Wildman–Crippen MR) is 50.0 cm³/mol. The van der Waals surface area contributed by atoms with Gasteiger partial charge < -0.3 is 9.57 Å². The van der Waals surface area contributed by atoms with Crippen molar-refractivity contribution >= 4 is 5.97 Å². The Morgan fingerprint density at radius 1 is 1.36 bits per heavy atom. The van der Waals surface area contributed by atoms with Crippen molar-refractivity contribution in [3.63, 3.8) is 0 Å². The number of carbonyl (C=O) groups is 1. The van der Waals surface area contributed by atoms with Crippen LogP contribution in [0.4, 0.5) is 0 Å². The Hall–Kier alpha value is -1.59. The van der Waals surface area contributed by atoms with Crippen LogP contribution >= 0.6 is 0 Å². The molecule has 1 rings (SSSR count). The second-order valence-corrected chi connectivity index (χ2v) is 2.50. The summed E-state index contributed by atoms with van der Waals surface area (Å²) < 4.78 is 5.25. The Kier molecular flexibility index (Phi) is 4.46. The van der Waals surface area contributed by atoms with Gasteiger partial charge >= 0.3 is 5.97 Å². The minimum Gasteiger partial charge on any atom is -0.493 e. The molecule has 3 N–H and O–H groups in total. The average Bonchev–Trinajstić information content (AvgIpc) is 2.20. The number of para-hydroxylation sites is 1. The molecule has 0 saturated carbocycles. The predicted octanol–water partition coefficient (Wildman–Crippen LogP) is 0.377. The first-order valence-electron chi connectivity index (χ1n) is 4.16. The number of rotatable bonds is 5. The summed E-state index contributed by atoms with van der Waals surface area (Å²) in [6.45, 7) is 0.268. The lowest BCUT2D eigenvalue weighted by Gasteiger charge is -2.04. The van der Waals surface area contributed by atoms with Crippen LogP contribution in [0.1, 0.15) is 6.42 Å². The van der Waals surface area contributed by atoms with Crippen molar-refractivity contribution in [1.82, 2.24) is 5.59 Å². The van der Waals surface area contributed by atoms with Gasteiger partial charge in [0, 0.05) is 0 Å². The lowest BCUT2D eigenvalue weighted by Crippen LogP contribution is -2.26. The van der Waals surface area contributed by atoms with Crippen molar-refractivity contribution < 1.29 is 14.4 Å². The van der Waals surface area contributed by atoms with Gasteiger partial charge in [-0.15, -0.1) is 0 Å². The molecular weight excluding hydrogens is 184 g/mol. The van der Waals surface area contributed by atoms with Gasteiger partial charge in [0.15, 0.2) is 0 Å². The summed E-state index contributed by atoms with van der Waals surface area (Å²) in [5.41, 5.74) is 1.81. The first kappa shape index (κ1) is 10.5. The zero-order valence-corrected chi connectivity index (χ0v) is 7.60. The van der Waals surface area contributed by atoms with Crippen LogP contribution in [-0.4, -0.2) is 12.6 Å². The van der Waals surface area contributed by atoms with Crippen LogP contribution in [0, 0.1) is 0 Å². The number of nitrogens with one attached hydrogen (secondary N) is 1. The number of benzene rings is 1. The number of carbonyl (C=O) groups excluding carboxylic acids is 1. The number of hydrogen-bond acceptors (Lipinski definition) is 5. The van der Waals surface area contributed by atoms with E-state index in [9.17, 15) is 4.79 Å². The summed E-state index contributed by atoms with van der Waals surface area (Å²) in [6.07, 6.45) is 0.152. The van der Waals surface area contributed by atoms with E-state index in [1.54, 1.807) is 0 Å². The molecule has 0 aliphatic carbocycles. The molecule has 0 heterocycles. The van der Waals surface area contributed by atoms with Gasteiger partial charge in [0.05, 0.1) is 13.0 Å². The van der Waals surface area contributed by atoms with Crippen LogP contribution in [0.3, 0.4) is 0 Å². The lowest BCUT2D eigenvalue weighted by molar-refractivity contribution is -0.151. The van der Waals surface area contributed by atoms with E-state index in [2.05, 4.69) is 4.84 Å². The van der Waals surface area contributed by atoms with E-state index in [-0.39, 0.29) is 13.0 Å². The topological polar surface area (TPSA) is 73.6 Å². The van der Waals surface area contributed by atoms with Gasteiger partial charge in [-0.2, -0.15) is 0 Å². The maximum atomic E-state index is 10.8. The monoisotopic (exact) mass is 196 g/mol. The number of hydrazine groups is 1. The van der Waals surface area contributed by atoms with Crippen LogP contribution in [0.15, 0.2) is 30.3 Å². The van der Waals surface area contributed by atoms with Crippen molar-refractivity contribution in [2.24, 2.45) is 5.84 Å². The quantitative estimate of drug-likeness (QED) is 0.526. The Morgan fingerprint density at radius 2 is 2.07 bits per heavy atom. The third kappa shape index (κ3) is 3.88. The standard InChI is InChI=1S/C9H12N2O3/c10-11-14-9(12)6-7-13-8-4-2-1-3-5-8/h1-5,11H,6-7,10H2. The molecule has 0 atom stereocenters. The summed E-state index contributed by atoms with van der Waals surface area (Å²) in [4.78, 5) is 15.1. The van der Waals surface area contributed by atoms with Crippen LogP contribution in [0.2, 0.25) is 0 Å². The van der Waals surface area contributed by atoms with E-state index < -0.39 is 5.97 Å². The van der Waals surface area contributed by atoms with E-state index in [1.807, 2.05) is 35.9 Å². The fourth-order valence-electron chi connectivity index (χ4n) is 0.886. The molecule has 0 radical (unpaired) electrons. The largest absolute Gasteiger partial charge is 0.493 e. The Morgan fingerprint density at radius 3 is 2.71 bits per heavy atom. The molecule has 1 aromatic carbocycles. The summed E-state index contributed by atoms with van der Waals surface area (Å²) in [5, 5.41) is 0. The molecule has 0 aliphatic heterocycles. The minimum atomic E-state index is -0.455. The fraction of sp³-hybridized carbons (Fsp3) is 0.222. The van der Waals surface area contributed by atoms with Gasteiger partial charge in [0.25, 0.3) is 0 Å². The highest BCUT2D eigenvalue weighted by atomic mass is 16.7.